The predicted octanol–water partition coefficient (Wildman–Crippen LogP) is 2.51. The molecule has 0 saturated heterocycles. The lowest BCUT2D eigenvalue weighted by molar-refractivity contribution is 0.463. The van der Waals surface area contributed by atoms with Crippen LogP contribution < -0.4 is 5.73 Å². The summed E-state index contributed by atoms with van der Waals surface area (Å²) in [5.41, 5.74) is 5.98. The smallest absolute Gasteiger partial charge is 0.244 e. The number of nitrogen functional groups attached to an aromatic ring is 1. The average Bonchev–Trinajstić information content (AvgIpc) is 2.28. The Morgan fingerprint density at radius 1 is 1.50 bits per heavy atom. The number of benzene rings is 1. The number of nitrogens with two attached hydrogens (primary N) is 1. The summed E-state index contributed by atoms with van der Waals surface area (Å²) in [4.78, 5) is 0.0828. The summed E-state index contributed by atoms with van der Waals surface area (Å²) in [6.07, 6.45) is 3.26. The second-order valence-electron chi connectivity index (χ2n) is 3.95. The van der Waals surface area contributed by atoms with Gasteiger partial charge in [0, 0.05) is 19.3 Å². The second kappa shape index (κ2) is 6.22. The van der Waals surface area contributed by atoms with Crippen LogP contribution in [0.2, 0.25) is 5.02 Å². The van der Waals surface area contributed by atoms with Gasteiger partial charge in [-0.2, -0.15) is 0 Å². The molecule has 100 valence electrons. The molecular formula is C12H17ClN2O2S. The molecule has 0 aliphatic rings. The van der Waals surface area contributed by atoms with Crippen LogP contribution in [0.3, 0.4) is 0 Å². The number of anilines is 1. The molecule has 0 bridgehead atoms. The van der Waals surface area contributed by atoms with Gasteiger partial charge in [0.05, 0.1) is 5.02 Å². The summed E-state index contributed by atoms with van der Waals surface area (Å²) in [6, 6.07) is 4.39. The van der Waals surface area contributed by atoms with Crippen molar-refractivity contribution in [2.75, 3.05) is 19.3 Å². The van der Waals surface area contributed by atoms with Crippen LogP contribution >= 0.6 is 11.6 Å². The van der Waals surface area contributed by atoms with Crippen molar-refractivity contribution < 1.29 is 8.42 Å². The van der Waals surface area contributed by atoms with E-state index in [0.717, 1.165) is 12.8 Å². The third-order valence-corrected chi connectivity index (χ3v) is 4.87. The lowest BCUT2D eigenvalue weighted by Crippen LogP contribution is -2.28. The van der Waals surface area contributed by atoms with Crippen LogP contribution in [0.25, 0.3) is 0 Å². The molecule has 1 rings (SSSR count). The molecule has 0 amide bonds. The molecule has 6 heteroatoms. The third kappa shape index (κ3) is 3.48. The molecule has 0 fully saturated rings. The molecular weight excluding hydrogens is 272 g/mol. The quantitative estimate of drug-likeness (QED) is 0.497. The van der Waals surface area contributed by atoms with Gasteiger partial charge in [0.2, 0.25) is 10.0 Å². The molecule has 0 spiro atoms. The van der Waals surface area contributed by atoms with Gasteiger partial charge >= 0.3 is 0 Å². The first kappa shape index (κ1) is 15.0. The topological polar surface area (TPSA) is 63.4 Å². The van der Waals surface area contributed by atoms with Crippen LogP contribution in [-0.4, -0.2) is 26.3 Å². The molecule has 0 aliphatic heterocycles. The van der Waals surface area contributed by atoms with E-state index in [1.807, 2.05) is 0 Å². The molecule has 0 radical (unpaired) electrons. The monoisotopic (exact) mass is 288 g/mol. The van der Waals surface area contributed by atoms with Crippen molar-refractivity contribution in [2.24, 2.45) is 0 Å². The molecule has 4 nitrogen and oxygen atoms in total. The fraction of sp³-hybridized carbons (Fsp3) is 0.333. The van der Waals surface area contributed by atoms with E-state index in [0.29, 0.717) is 12.2 Å². The van der Waals surface area contributed by atoms with E-state index in [4.69, 9.17) is 17.3 Å². The van der Waals surface area contributed by atoms with E-state index in [-0.39, 0.29) is 9.92 Å². The number of sulfonamides is 1. The van der Waals surface area contributed by atoms with Crippen LogP contribution in [0.4, 0.5) is 5.69 Å². The maximum Gasteiger partial charge on any atom is 0.244 e. The molecule has 0 heterocycles. The fourth-order valence-corrected chi connectivity index (χ4v) is 3.20. The van der Waals surface area contributed by atoms with Gasteiger partial charge in [-0.05, 0) is 31.0 Å². The summed E-state index contributed by atoms with van der Waals surface area (Å²) in [6.45, 7) is 4.02. The fourth-order valence-electron chi connectivity index (χ4n) is 1.47. The Morgan fingerprint density at radius 3 is 2.72 bits per heavy atom. The van der Waals surface area contributed by atoms with Crippen molar-refractivity contribution in [1.29, 1.82) is 0 Å². The van der Waals surface area contributed by atoms with Crippen molar-refractivity contribution >= 4 is 27.3 Å². The summed E-state index contributed by atoms with van der Waals surface area (Å²) < 4.78 is 25.8. The first-order valence-electron chi connectivity index (χ1n) is 5.52. The molecule has 1 aromatic carbocycles. The largest absolute Gasteiger partial charge is 0.399 e. The van der Waals surface area contributed by atoms with Gasteiger partial charge in [0.15, 0.2) is 0 Å². The Hall–Kier alpha value is -1.04. The van der Waals surface area contributed by atoms with Gasteiger partial charge < -0.3 is 5.73 Å². The summed E-state index contributed by atoms with van der Waals surface area (Å²) in [5.74, 6) is 0. The van der Waals surface area contributed by atoms with Crippen molar-refractivity contribution in [3.63, 3.8) is 0 Å². The maximum absolute atomic E-state index is 12.2. The number of unbranched alkanes of at least 4 members (excludes halogenated alkanes) is 1. The Kier molecular flexibility index (Phi) is 5.19. The van der Waals surface area contributed by atoms with Gasteiger partial charge in [0.25, 0.3) is 0 Å². The van der Waals surface area contributed by atoms with Gasteiger partial charge in [-0.25, -0.2) is 12.7 Å². The maximum atomic E-state index is 12.2. The standard InChI is InChI=1S/C12H17ClN2O2S/c1-3-4-5-8-15(2)18(16,17)12-7-6-10(14)9-11(12)13/h3,6-7,9H,1,4-5,8,14H2,2H3. The Morgan fingerprint density at radius 2 is 2.17 bits per heavy atom. The van der Waals surface area contributed by atoms with E-state index in [2.05, 4.69) is 6.58 Å². The number of allylic oxidation sites excluding steroid dienone is 1. The van der Waals surface area contributed by atoms with E-state index in [1.54, 1.807) is 6.08 Å². The van der Waals surface area contributed by atoms with E-state index < -0.39 is 10.0 Å². The minimum atomic E-state index is -3.56. The van der Waals surface area contributed by atoms with Crippen molar-refractivity contribution in [2.45, 2.75) is 17.7 Å². The predicted molar refractivity (Wildman–Crippen MR) is 75.1 cm³/mol. The van der Waals surface area contributed by atoms with Crippen molar-refractivity contribution in [3.8, 4) is 0 Å². The van der Waals surface area contributed by atoms with Crippen LogP contribution in [-0.2, 0) is 10.0 Å². The van der Waals surface area contributed by atoms with Gasteiger partial charge in [-0.15, -0.1) is 6.58 Å². The molecule has 1 aromatic rings. The van der Waals surface area contributed by atoms with Gasteiger partial charge in [0.1, 0.15) is 4.90 Å². The van der Waals surface area contributed by atoms with Crippen LogP contribution in [0, 0.1) is 0 Å². The molecule has 0 unspecified atom stereocenters. The van der Waals surface area contributed by atoms with Crippen LogP contribution in [0.15, 0.2) is 35.7 Å². The van der Waals surface area contributed by atoms with Crippen molar-refractivity contribution in [3.05, 3.63) is 35.9 Å². The highest BCUT2D eigenvalue weighted by molar-refractivity contribution is 7.89. The average molecular weight is 289 g/mol. The molecule has 0 aliphatic carbocycles. The highest BCUT2D eigenvalue weighted by atomic mass is 35.5. The first-order valence-corrected chi connectivity index (χ1v) is 7.33. The van der Waals surface area contributed by atoms with Crippen LogP contribution in [0.1, 0.15) is 12.8 Å². The van der Waals surface area contributed by atoms with E-state index in [9.17, 15) is 8.42 Å². The first-order chi connectivity index (χ1) is 8.39. The zero-order valence-electron chi connectivity index (χ0n) is 10.3. The molecule has 18 heavy (non-hydrogen) atoms. The van der Waals surface area contributed by atoms with Crippen LogP contribution in [0.5, 0.6) is 0 Å². The normalized spacial score (nSPS) is 11.7. The second-order valence-corrected chi connectivity index (χ2v) is 6.37. The highest BCUT2D eigenvalue weighted by Gasteiger charge is 2.22. The number of nitrogens with zero attached hydrogens (tertiary/aromatic N) is 1. The number of halogens is 1. The zero-order valence-corrected chi connectivity index (χ0v) is 11.8. The SMILES string of the molecule is C=CCCCN(C)S(=O)(=O)c1ccc(N)cc1Cl. The summed E-state index contributed by atoms with van der Waals surface area (Å²) in [7, 11) is -2.02. The van der Waals surface area contributed by atoms with Gasteiger partial charge in [-0.3, -0.25) is 0 Å². The summed E-state index contributed by atoms with van der Waals surface area (Å²) >= 11 is 5.92. The number of hydrogen-bond donors (Lipinski definition) is 1. The number of hydrogen-bond acceptors (Lipinski definition) is 3. The summed E-state index contributed by atoms with van der Waals surface area (Å²) in [5, 5.41) is 0.144. The Balaban J connectivity index is 2.94. The molecule has 2 N–H and O–H groups in total. The molecule has 0 aromatic heterocycles. The number of rotatable bonds is 6. The molecule has 0 saturated carbocycles. The minimum Gasteiger partial charge on any atom is -0.399 e. The lowest BCUT2D eigenvalue weighted by atomic mass is 10.3. The lowest BCUT2D eigenvalue weighted by Gasteiger charge is -2.17. The highest BCUT2D eigenvalue weighted by Crippen LogP contribution is 2.26. The Bertz CT molecular complexity index is 529. The minimum absolute atomic E-state index is 0.0828. The van der Waals surface area contributed by atoms with E-state index in [1.165, 1.54) is 29.6 Å². The Labute approximate surface area is 113 Å². The molecule has 0 atom stereocenters. The zero-order chi connectivity index (χ0) is 13.8. The van der Waals surface area contributed by atoms with Gasteiger partial charge in [-0.1, -0.05) is 17.7 Å². The van der Waals surface area contributed by atoms with Crippen molar-refractivity contribution in [1.82, 2.24) is 4.31 Å². The van der Waals surface area contributed by atoms with E-state index >= 15 is 0 Å². The third-order valence-electron chi connectivity index (χ3n) is 2.53.